The molecule has 0 heterocycles. The molecule has 0 aromatic heterocycles. The van der Waals surface area contributed by atoms with E-state index in [0.29, 0.717) is 11.1 Å². The lowest BCUT2D eigenvalue weighted by atomic mass is 10.2. The highest BCUT2D eigenvalue weighted by atomic mass is 19.3. The number of alkyl halides is 2. The molecule has 2 aromatic rings. The minimum Gasteiger partial charge on any atom is -0.435 e. The number of non-ortho nitro benzene ring substituents is 1. The van der Waals surface area contributed by atoms with Crippen LogP contribution >= 0.6 is 0 Å². The number of nitrogens with zero attached hydrogens (tertiary/aromatic N) is 2. The van der Waals surface area contributed by atoms with Crippen molar-refractivity contribution in [2.24, 2.45) is 5.16 Å². The van der Waals surface area contributed by atoms with Crippen molar-refractivity contribution in [2.75, 3.05) is 0 Å². The molecule has 0 aliphatic carbocycles. The van der Waals surface area contributed by atoms with Crippen LogP contribution in [-0.4, -0.2) is 17.7 Å². The van der Waals surface area contributed by atoms with Crippen molar-refractivity contribution >= 4 is 11.9 Å². The highest BCUT2D eigenvalue weighted by Gasteiger charge is 2.05. The second kappa shape index (κ2) is 7.83. The number of ether oxygens (including phenoxy) is 1. The van der Waals surface area contributed by atoms with Crippen LogP contribution in [0.3, 0.4) is 0 Å². The number of rotatable bonds is 7. The lowest BCUT2D eigenvalue weighted by molar-refractivity contribution is -0.384. The molecule has 0 aliphatic rings. The first-order valence-electron chi connectivity index (χ1n) is 6.48. The maximum absolute atomic E-state index is 12.0. The van der Waals surface area contributed by atoms with E-state index in [9.17, 15) is 18.9 Å². The molecule has 0 unspecified atom stereocenters. The molecule has 0 bridgehead atoms. The fourth-order valence-electron chi connectivity index (χ4n) is 1.71. The van der Waals surface area contributed by atoms with Crippen molar-refractivity contribution in [3.8, 4) is 5.75 Å². The quantitative estimate of drug-likeness (QED) is 0.442. The Hall–Kier alpha value is -3.03. The summed E-state index contributed by atoms with van der Waals surface area (Å²) in [7, 11) is 0. The molecule has 0 saturated heterocycles. The Balaban J connectivity index is 1.87. The first kappa shape index (κ1) is 16.3. The summed E-state index contributed by atoms with van der Waals surface area (Å²) in [6, 6.07) is 11.9. The molecule has 0 amide bonds. The molecule has 8 heteroatoms. The monoisotopic (exact) mass is 322 g/mol. The highest BCUT2D eigenvalue weighted by molar-refractivity contribution is 5.79. The van der Waals surface area contributed by atoms with Crippen LogP contribution in [0.1, 0.15) is 11.1 Å². The Morgan fingerprint density at radius 1 is 1.22 bits per heavy atom. The van der Waals surface area contributed by atoms with Gasteiger partial charge in [0.15, 0.2) is 0 Å². The average molecular weight is 322 g/mol. The number of benzene rings is 2. The third-order valence-corrected chi connectivity index (χ3v) is 2.73. The smallest absolute Gasteiger partial charge is 0.387 e. The Morgan fingerprint density at radius 2 is 1.96 bits per heavy atom. The van der Waals surface area contributed by atoms with E-state index in [2.05, 4.69) is 9.89 Å². The van der Waals surface area contributed by atoms with Crippen molar-refractivity contribution in [3.05, 3.63) is 69.8 Å². The summed E-state index contributed by atoms with van der Waals surface area (Å²) >= 11 is 0. The van der Waals surface area contributed by atoms with Gasteiger partial charge in [0.05, 0.1) is 11.1 Å². The molecule has 0 radical (unpaired) electrons. The van der Waals surface area contributed by atoms with Gasteiger partial charge >= 0.3 is 6.61 Å². The first-order chi connectivity index (χ1) is 11.0. The van der Waals surface area contributed by atoms with Gasteiger partial charge in [-0.2, -0.15) is 8.78 Å². The molecule has 0 fully saturated rings. The topological polar surface area (TPSA) is 74.0 Å². The molecule has 0 N–H and O–H groups in total. The number of nitro benzene ring substituents is 1. The zero-order chi connectivity index (χ0) is 16.7. The fraction of sp³-hybridized carbons (Fsp3) is 0.133. The van der Waals surface area contributed by atoms with Gasteiger partial charge in [0, 0.05) is 12.1 Å². The number of hydrogen-bond acceptors (Lipinski definition) is 5. The van der Waals surface area contributed by atoms with Crippen molar-refractivity contribution in [2.45, 2.75) is 13.2 Å². The lowest BCUT2D eigenvalue weighted by Crippen LogP contribution is -2.01. The summed E-state index contributed by atoms with van der Waals surface area (Å²) in [5.41, 5.74) is 1.22. The maximum atomic E-state index is 12.0. The van der Waals surface area contributed by atoms with Gasteiger partial charge in [-0.25, -0.2) is 0 Å². The molecule has 2 aromatic carbocycles. The van der Waals surface area contributed by atoms with Crippen molar-refractivity contribution < 1.29 is 23.3 Å². The van der Waals surface area contributed by atoms with Crippen LogP contribution in [0.4, 0.5) is 14.5 Å². The Morgan fingerprint density at radius 3 is 2.61 bits per heavy atom. The summed E-state index contributed by atoms with van der Waals surface area (Å²) < 4.78 is 28.2. The first-order valence-corrected chi connectivity index (χ1v) is 6.48. The minimum absolute atomic E-state index is 0.0234. The van der Waals surface area contributed by atoms with Gasteiger partial charge in [-0.15, -0.1) is 0 Å². The van der Waals surface area contributed by atoms with E-state index in [1.54, 1.807) is 12.1 Å². The number of oxime groups is 1. The van der Waals surface area contributed by atoms with Crippen molar-refractivity contribution in [1.82, 2.24) is 0 Å². The summed E-state index contributed by atoms with van der Waals surface area (Å²) in [5, 5.41) is 14.4. The molecule has 0 atom stereocenters. The second-order valence-corrected chi connectivity index (χ2v) is 4.38. The van der Waals surface area contributed by atoms with Crippen LogP contribution in [0.5, 0.6) is 5.75 Å². The van der Waals surface area contributed by atoms with Gasteiger partial charge in [-0.3, -0.25) is 10.1 Å². The predicted molar refractivity (Wildman–Crippen MR) is 78.6 cm³/mol. The van der Waals surface area contributed by atoms with E-state index < -0.39 is 11.5 Å². The van der Waals surface area contributed by atoms with Crippen LogP contribution in [0.2, 0.25) is 0 Å². The zero-order valence-corrected chi connectivity index (χ0v) is 11.8. The molecule has 0 spiro atoms. The van der Waals surface area contributed by atoms with E-state index in [4.69, 9.17) is 4.84 Å². The number of hydrogen-bond donors (Lipinski definition) is 0. The van der Waals surface area contributed by atoms with Crippen molar-refractivity contribution in [1.29, 1.82) is 0 Å². The number of halogens is 2. The average Bonchev–Trinajstić information content (AvgIpc) is 2.53. The van der Waals surface area contributed by atoms with E-state index in [1.165, 1.54) is 42.6 Å². The predicted octanol–water partition coefficient (Wildman–Crippen LogP) is 3.75. The van der Waals surface area contributed by atoms with Crippen molar-refractivity contribution in [3.63, 3.8) is 0 Å². The largest absolute Gasteiger partial charge is 0.435 e. The second-order valence-electron chi connectivity index (χ2n) is 4.38. The van der Waals surface area contributed by atoms with Crippen LogP contribution in [0.25, 0.3) is 0 Å². The Kier molecular flexibility index (Phi) is 5.56. The summed E-state index contributed by atoms with van der Waals surface area (Å²) in [4.78, 5) is 15.2. The normalized spacial score (nSPS) is 10.9. The molecule has 120 valence electrons. The third kappa shape index (κ3) is 5.34. The molecule has 6 nitrogen and oxygen atoms in total. The molecule has 23 heavy (non-hydrogen) atoms. The summed E-state index contributed by atoms with van der Waals surface area (Å²) in [6.45, 7) is -2.79. The minimum atomic E-state index is -2.87. The maximum Gasteiger partial charge on any atom is 0.387 e. The van der Waals surface area contributed by atoms with Crippen LogP contribution < -0.4 is 4.74 Å². The third-order valence-electron chi connectivity index (χ3n) is 2.73. The van der Waals surface area contributed by atoms with Gasteiger partial charge in [-0.1, -0.05) is 17.3 Å². The molecule has 2 rings (SSSR count). The molecular weight excluding hydrogens is 310 g/mol. The summed E-state index contributed by atoms with van der Waals surface area (Å²) in [5.74, 6) is 0.0506. The molecule has 0 aliphatic heterocycles. The van der Waals surface area contributed by atoms with Crippen LogP contribution in [0, 0.1) is 10.1 Å². The van der Waals surface area contributed by atoms with Gasteiger partial charge in [0.2, 0.25) is 0 Å². The van der Waals surface area contributed by atoms with Gasteiger partial charge in [0.1, 0.15) is 12.4 Å². The number of nitro groups is 1. The van der Waals surface area contributed by atoms with E-state index in [0.717, 1.165) is 0 Å². The summed E-state index contributed by atoms with van der Waals surface area (Å²) in [6.07, 6.45) is 1.39. The van der Waals surface area contributed by atoms with E-state index in [-0.39, 0.29) is 18.0 Å². The van der Waals surface area contributed by atoms with Crippen LogP contribution in [0.15, 0.2) is 53.7 Å². The SMILES string of the molecule is O=[N+]([O-])c1cccc(CO/N=C/c2ccc(OC(F)F)cc2)c1. The van der Waals surface area contributed by atoms with E-state index in [1.807, 2.05) is 0 Å². The fourth-order valence-corrected chi connectivity index (χ4v) is 1.71. The Labute approximate surface area is 130 Å². The van der Waals surface area contributed by atoms with Gasteiger partial charge in [0.25, 0.3) is 5.69 Å². The standard InChI is InChI=1S/C15H12F2N2O4/c16-15(17)23-14-6-4-11(5-7-14)9-18-22-10-12-2-1-3-13(8-12)19(20)21/h1-9,15H,10H2/b18-9+. The van der Waals surface area contributed by atoms with Gasteiger partial charge in [-0.05, 0) is 35.4 Å². The van der Waals surface area contributed by atoms with Crippen LogP contribution in [-0.2, 0) is 11.4 Å². The highest BCUT2D eigenvalue weighted by Crippen LogP contribution is 2.15. The van der Waals surface area contributed by atoms with E-state index >= 15 is 0 Å². The zero-order valence-electron chi connectivity index (χ0n) is 11.8. The molecule has 0 saturated carbocycles. The lowest BCUT2D eigenvalue weighted by Gasteiger charge is -2.03. The Bertz CT molecular complexity index is 690. The molecular formula is C15H12F2N2O4. The van der Waals surface area contributed by atoms with Gasteiger partial charge < -0.3 is 9.57 Å².